The van der Waals surface area contributed by atoms with E-state index in [1.165, 1.54) is 29.3 Å². The number of aryl methyl sites for hydroxylation is 1. The Balaban J connectivity index is 0.000000454. The number of carbonyl (C=O) groups excluding carboxylic acids is 2. The lowest BCUT2D eigenvalue weighted by Gasteiger charge is -2.52. The number of carboxylic acids is 1. The Morgan fingerprint density at radius 2 is 1.83 bits per heavy atom. The molecular weight excluding hydrogens is 515 g/mol. The number of piperidine rings is 3. The molecule has 1 unspecified atom stereocenters. The smallest absolute Gasteiger partial charge is 0.430 e. The van der Waals surface area contributed by atoms with E-state index in [9.17, 15) is 23.1 Å². The average Bonchev–Trinajstić information content (AvgIpc) is 3.54. The van der Waals surface area contributed by atoms with E-state index in [0.717, 1.165) is 43.3 Å². The topological polar surface area (TPSA) is 86.7 Å². The van der Waals surface area contributed by atoms with Crippen LogP contribution in [0.15, 0.2) is 35.0 Å². The molecule has 1 N–H and O–H groups in total. The molecule has 0 amide bonds. The van der Waals surface area contributed by atoms with Gasteiger partial charge in [-0.1, -0.05) is 18.1 Å². The lowest BCUT2D eigenvalue weighted by molar-refractivity contribution is -0.946. The van der Waals surface area contributed by atoms with Gasteiger partial charge < -0.3 is 24.2 Å². The summed E-state index contributed by atoms with van der Waals surface area (Å²) < 4.78 is 38.5. The van der Waals surface area contributed by atoms with Crippen molar-refractivity contribution < 1.29 is 42.2 Å². The Labute approximate surface area is 215 Å². The van der Waals surface area contributed by atoms with Gasteiger partial charge in [0.1, 0.15) is 12.5 Å². The van der Waals surface area contributed by atoms with Crippen LogP contribution in [-0.4, -0.2) is 60.0 Å². The zero-order valence-corrected chi connectivity index (χ0v) is 21.4. The van der Waals surface area contributed by atoms with Gasteiger partial charge in [-0.2, -0.15) is 13.2 Å². The summed E-state index contributed by atoms with van der Waals surface area (Å²) >= 11 is 3.15. The summed E-state index contributed by atoms with van der Waals surface area (Å²) in [6.45, 7) is 5.97. The summed E-state index contributed by atoms with van der Waals surface area (Å²) in [7, 11) is 0. The summed E-state index contributed by atoms with van der Waals surface area (Å²) in [5, 5.41) is 23.8. The maximum atomic E-state index is 13.0. The minimum atomic E-state index is -5.19. The van der Waals surface area contributed by atoms with Crippen molar-refractivity contribution in [1.82, 2.24) is 0 Å². The normalized spacial score (nSPS) is 24.5. The highest BCUT2D eigenvalue weighted by Crippen LogP contribution is 2.37. The zero-order chi connectivity index (χ0) is 26.4. The second-order valence-electron chi connectivity index (χ2n) is 9.01. The van der Waals surface area contributed by atoms with Crippen molar-refractivity contribution in [2.24, 2.45) is 5.92 Å². The van der Waals surface area contributed by atoms with Gasteiger partial charge in [0, 0.05) is 30.1 Å². The van der Waals surface area contributed by atoms with Crippen LogP contribution in [0.5, 0.6) is 0 Å². The first-order valence-corrected chi connectivity index (χ1v) is 13.3. The molecule has 2 aromatic heterocycles. The molecule has 196 valence electrons. The van der Waals surface area contributed by atoms with E-state index < -0.39 is 23.7 Å². The van der Waals surface area contributed by atoms with Crippen LogP contribution in [0.1, 0.15) is 35.9 Å². The summed E-state index contributed by atoms with van der Waals surface area (Å²) in [6.07, 6.45) is -0.860. The summed E-state index contributed by atoms with van der Waals surface area (Å²) in [4.78, 5) is 23.8. The van der Waals surface area contributed by atoms with Crippen LogP contribution in [0.4, 0.5) is 13.2 Å². The van der Waals surface area contributed by atoms with Crippen LogP contribution in [-0.2, 0) is 26.3 Å². The third-order valence-corrected chi connectivity index (χ3v) is 8.56. The van der Waals surface area contributed by atoms with Crippen LogP contribution in [0.3, 0.4) is 0 Å². The Hall–Kier alpha value is -2.39. The van der Waals surface area contributed by atoms with E-state index >= 15 is 0 Å². The van der Waals surface area contributed by atoms with Crippen LogP contribution in [0.2, 0.25) is 0 Å². The predicted molar refractivity (Wildman–Crippen MR) is 128 cm³/mol. The number of aliphatic carboxylic acids is 1. The highest BCUT2D eigenvalue weighted by atomic mass is 32.1. The second-order valence-corrected chi connectivity index (χ2v) is 11.0. The van der Waals surface area contributed by atoms with Crippen molar-refractivity contribution in [3.05, 3.63) is 44.8 Å². The van der Waals surface area contributed by atoms with Gasteiger partial charge in [-0.25, -0.2) is 4.79 Å². The molecule has 3 aliphatic rings. The highest BCUT2D eigenvalue weighted by Gasteiger charge is 2.49. The second kappa shape index (κ2) is 11.8. The summed E-state index contributed by atoms with van der Waals surface area (Å²) in [5.74, 6) is 2.17. The monoisotopic (exact) mass is 543 g/mol. The van der Waals surface area contributed by atoms with Gasteiger partial charge >= 0.3 is 12.1 Å². The Bertz CT molecular complexity index is 1070. The van der Waals surface area contributed by atoms with Gasteiger partial charge in [0.25, 0.3) is 5.60 Å². The third-order valence-electron chi connectivity index (χ3n) is 6.65. The van der Waals surface area contributed by atoms with E-state index in [4.69, 9.17) is 14.6 Å². The van der Waals surface area contributed by atoms with E-state index in [0.29, 0.717) is 10.8 Å². The van der Waals surface area contributed by atoms with Gasteiger partial charge in [0.2, 0.25) is 0 Å². The molecule has 2 atom stereocenters. The Morgan fingerprint density at radius 1 is 1.19 bits per heavy atom. The fourth-order valence-electron chi connectivity index (χ4n) is 4.81. The molecule has 11 heteroatoms. The zero-order valence-electron chi connectivity index (χ0n) is 19.8. The number of thiophene rings is 2. The van der Waals surface area contributed by atoms with E-state index in [-0.39, 0.29) is 6.10 Å². The van der Waals surface area contributed by atoms with Crippen molar-refractivity contribution in [3.8, 4) is 11.8 Å². The van der Waals surface area contributed by atoms with Crippen molar-refractivity contribution in [2.75, 3.05) is 26.2 Å². The van der Waals surface area contributed by atoms with Crippen molar-refractivity contribution >= 4 is 34.6 Å². The number of aliphatic hydroxyl groups is 1. The largest absolute Gasteiger partial charge is 0.542 e. The molecule has 2 aromatic rings. The number of esters is 1. The standard InChI is InChI=1S/C23H28NO3S2.C2HF3O2/c1-2-11-23(26,21-8-5-16-29-21)22(25)27-20-17-24(13-9-18(20)10-14-24)12-3-6-19-7-4-15-28-19;3-2(4,5)1(6)7/h4-5,7-8,15-16,18,20,26H,3,6,9-10,12-14,17H2,1H3;(H,6,7)/q+1;/p-1/t18?,20-,23?,24?;/m0./s1. The van der Waals surface area contributed by atoms with Gasteiger partial charge in [-0.15, -0.1) is 28.6 Å². The van der Waals surface area contributed by atoms with Gasteiger partial charge in [0.15, 0.2) is 6.10 Å². The number of hydrogen-bond acceptors (Lipinski definition) is 7. The number of alkyl halides is 3. The number of quaternary nitrogens is 1. The first kappa shape index (κ1) is 28.2. The molecule has 3 saturated heterocycles. The minimum absolute atomic E-state index is 0.128. The first-order valence-electron chi connectivity index (χ1n) is 11.6. The molecule has 0 aromatic carbocycles. The number of nitrogens with zero attached hydrogens (tertiary/aromatic N) is 1. The van der Waals surface area contributed by atoms with Crippen LogP contribution >= 0.6 is 22.7 Å². The maximum absolute atomic E-state index is 13.0. The molecule has 0 aliphatic carbocycles. The Kier molecular flexibility index (Phi) is 9.22. The number of fused-ring (bicyclic) bond motifs is 3. The van der Waals surface area contributed by atoms with Crippen LogP contribution in [0, 0.1) is 17.8 Å². The molecule has 5 heterocycles. The average molecular weight is 544 g/mol. The third kappa shape index (κ3) is 6.88. The maximum Gasteiger partial charge on any atom is 0.430 e. The number of ether oxygens (including phenoxy) is 1. The van der Waals surface area contributed by atoms with E-state index in [1.807, 2.05) is 22.8 Å². The molecule has 0 spiro atoms. The molecule has 0 saturated carbocycles. The van der Waals surface area contributed by atoms with Crippen molar-refractivity contribution in [2.45, 2.75) is 50.5 Å². The number of carboxylic acid groups (broad SMARTS) is 1. The fraction of sp³-hybridized carbons (Fsp3) is 0.520. The van der Waals surface area contributed by atoms with Gasteiger partial charge in [-0.3, -0.25) is 0 Å². The molecule has 3 fully saturated rings. The van der Waals surface area contributed by atoms with Gasteiger partial charge in [-0.05, 0) is 36.2 Å². The summed E-state index contributed by atoms with van der Waals surface area (Å²) in [6, 6.07) is 7.88. The van der Waals surface area contributed by atoms with Gasteiger partial charge in [0.05, 0.1) is 24.5 Å². The molecule has 2 bridgehead atoms. The molecule has 0 radical (unpaired) electrons. The van der Waals surface area contributed by atoms with Crippen LogP contribution < -0.4 is 5.11 Å². The van der Waals surface area contributed by atoms with Crippen molar-refractivity contribution in [3.63, 3.8) is 0 Å². The molecule has 36 heavy (non-hydrogen) atoms. The number of halogens is 3. The fourth-order valence-corrected chi connectivity index (χ4v) is 6.33. The predicted octanol–water partition coefficient (Wildman–Crippen LogP) is 3.10. The summed E-state index contributed by atoms with van der Waals surface area (Å²) in [5.41, 5.74) is -1.86. The van der Waals surface area contributed by atoms with E-state index in [2.05, 4.69) is 29.4 Å². The van der Waals surface area contributed by atoms with E-state index in [1.54, 1.807) is 13.0 Å². The minimum Gasteiger partial charge on any atom is -0.542 e. The van der Waals surface area contributed by atoms with Crippen molar-refractivity contribution in [1.29, 1.82) is 0 Å². The quantitative estimate of drug-likeness (QED) is 0.330. The molecular formula is C25H28F3NO5S2. The van der Waals surface area contributed by atoms with Crippen LogP contribution in [0.25, 0.3) is 0 Å². The Morgan fingerprint density at radius 3 is 2.36 bits per heavy atom. The molecule has 5 rings (SSSR count). The molecule has 6 nitrogen and oxygen atoms in total. The number of rotatable bonds is 7. The lowest BCUT2D eigenvalue weighted by Crippen LogP contribution is -2.65. The first-order chi connectivity index (χ1) is 17.0. The molecule has 3 aliphatic heterocycles. The highest BCUT2D eigenvalue weighted by molar-refractivity contribution is 7.10. The SMILES string of the molecule is CC#CC(O)(C(=O)O[C@H]1C[N+]2(CCCc3cccs3)CCC1CC2)c1cccs1.O=C([O-])C(F)(F)F. The lowest BCUT2D eigenvalue weighted by atomic mass is 9.83. The number of carbonyl (C=O) groups is 2. The number of hydrogen-bond donors (Lipinski definition) is 1.